The number of nitrogens with zero attached hydrogens (tertiary/aromatic N) is 2. The molecule has 0 saturated heterocycles. The Bertz CT molecular complexity index is 869. The van der Waals surface area contributed by atoms with Crippen molar-refractivity contribution >= 4 is 23.4 Å². The number of aromatic amines is 1. The van der Waals surface area contributed by atoms with Crippen molar-refractivity contribution in [1.29, 1.82) is 0 Å². The van der Waals surface area contributed by atoms with Crippen LogP contribution in [0.25, 0.3) is 16.9 Å². The minimum absolute atomic E-state index is 0.609. The number of fused-ring (bicyclic) bond motifs is 2. The van der Waals surface area contributed by atoms with Crippen molar-refractivity contribution in [3.63, 3.8) is 0 Å². The van der Waals surface area contributed by atoms with Crippen molar-refractivity contribution in [2.24, 2.45) is 0 Å². The molecule has 0 saturated carbocycles. The van der Waals surface area contributed by atoms with E-state index in [1.54, 1.807) is 6.20 Å². The van der Waals surface area contributed by atoms with E-state index in [1.165, 1.54) is 0 Å². The van der Waals surface area contributed by atoms with Crippen LogP contribution in [0.15, 0.2) is 36.5 Å². The van der Waals surface area contributed by atoms with Gasteiger partial charge in [-0.15, -0.1) is 0 Å². The number of hydrogen-bond donors (Lipinski definition) is 1. The Labute approximate surface area is 126 Å². The van der Waals surface area contributed by atoms with Gasteiger partial charge >= 0.3 is 0 Å². The first-order chi connectivity index (χ1) is 10.3. The van der Waals surface area contributed by atoms with Gasteiger partial charge in [-0.2, -0.15) is 0 Å². The van der Waals surface area contributed by atoms with Crippen molar-refractivity contribution < 1.29 is 9.47 Å². The van der Waals surface area contributed by atoms with Gasteiger partial charge < -0.3 is 14.5 Å². The Hall–Kier alpha value is -2.34. The van der Waals surface area contributed by atoms with Gasteiger partial charge in [0.15, 0.2) is 21.9 Å². The van der Waals surface area contributed by atoms with Crippen LogP contribution in [0.5, 0.6) is 11.5 Å². The number of benzene rings is 1. The van der Waals surface area contributed by atoms with E-state index in [0.717, 1.165) is 34.8 Å². The maximum Gasteiger partial charge on any atom is 0.184 e. The van der Waals surface area contributed by atoms with Gasteiger partial charge in [0, 0.05) is 18.7 Å². The number of hydrogen-bond acceptors (Lipinski definition) is 4. The molecule has 21 heavy (non-hydrogen) atoms. The quantitative estimate of drug-likeness (QED) is 0.701. The summed E-state index contributed by atoms with van der Waals surface area (Å²) >= 11 is 5.41. The normalized spacial score (nSPS) is 14.1. The van der Waals surface area contributed by atoms with Gasteiger partial charge in [0.25, 0.3) is 0 Å². The smallest absolute Gasteiger partial charge is 0.184 e. The molecule has 6 heteroatoms. The number of aromatic nitrogens is 3. The molecule has 3 heterocycles. The van der Waals surface area contributed by atoms with E-state index >= 15 is 0 Å². The number of imidazole rings is 1. The molecule has 0 atom stereocenters. The average Bonchev–Trinajstić information content (AvgIpc) is 2.68. The summed E-state index contributed by atoms with van der Waals surface area (Å²) in [7, 11) is 0. The van der Waals surface area contributed by atoms with Crippen LogP contribution in [0, 0.1) is 4.77 Å². The molecule has 1 aromatic carbocycles. The first-order valence-corrected chi connectivity index (χ1v) is 7.19. The largest absolute Gasteiger partial charge is 0.490 e. The first-order valence-electron chi connectivity index (χ1n) is 6.79. The van der Waals surface area contributed by atoms with Crippen LogP contribution in [-0.4, -0.2) is 27.7 Å². The highest BCUT2D eigenvalue weighted by Crippen LogP contribution is 2.32. The van der Waals surface area contributed by atoms with Crippen molar-refractivity contribution in [2.75, 3.05) is 13.2 Å². The topological polar surface area (TPSA) is 52.1 Å². The Morgan fingerprint density at radius 2 is 2.00 bits per heavy atom. The van der Waals surface area contributed by atoms with Crippen LogP contribution in [-0.2, 0) is 0 Å². The van der Waals surface area contributed by atoms with Gasteiger partial charge in [-0.25, -0.2) is 4.98 Å². The minimum atomic E-state index is 0.609. The monoisotopic (exact) mass is 299 g/mol. The number of pyridine rings is 1. The Morgan fingerprint density at radius 1 is 1.14 bits per heavy atom. The van der Waals surface area contributed by atoms with Crippen molar-refractivity contribution in [3.8, 4) is 17.2 Å². The zero-order valence-electron chi connectivity index (χ0n) is 11.2. The molecule has 106 valence electrons. The molecule has 0 radical (unpaired) electrons. The Kier molecular flexibility index (Phi) is 2.89. The Balaban J connectivity index is 1.91. The standard InChI is InChI=1S/C15H13N3O2S/c21-15-17-11-3-1-6-16-14(11)18(15)10-4-5-12-13(9-10)20-8-2-7-19-12/h1,3-6,9H,2,7-8H2,(H,17,21). The highest BCUT2D eigenvalue weighted by molar-refractivity contribution is 7.71. The molecule has 5 nitrogen and oxygen atoms in total. The van der Waals surface area contributed by atoms with Crippen molar-refractivity contribution in [3.05, 3.63) is 41.3 Å². The molecule has 0 fully saturated rings. The van der Waals surface area contributed by atoms with Crippen molar-refractivity contribution in [2.45, 2.75) is 6.42 Å². The average molecular weight is 299 g/mol. The zero-order chi connectivity index (χ0) is 14.2. The second kappa shape index (κ2) is 4.89. The molecule has 1 aliphatic rings. The fraction of sp³-hybridized carbons (Fsp3) is 0.200. The van der Waals surface area contributed by atoms with E-state index in [2.05, 4.69) is 9.97 Å². The third kappa shape index (κ3) is 2.08. The van der Waals surface area contributed by atoms with Gasteiger partial charge in [0.1, 0.15) is 0 Å². The molecule has 1 aliphatic heterocycles. The second-order valence-corrected chi connectivity index (χ2v) is 5.21. The molecule has 3 aromatic rings. The van der Waals surface area contributed by atoms with E-state index in [9.17, 15) is 0 Å². The molecule has 0 spiro atoms. The summed E-state index contributed by atoms with van der Waals surface area (Å²) in [6.07, 6.45) is 2.64. The maximum atomic E-state index is 5.74. The minimum Gasteiger partial charge on any atom is -0.490 e. The summed E-state index contributed by atoms with van der Waals surface area (Å²) in [6.45, 7) is 1.34. The molecular formula is C15H13N3O2S. The van der Waals surface area contributed by atoms with E-state index in [0.29, 0.717) is 18.0 Å². The van der Waals surface area contributed by atoms with E-state index in [-0.39, 0.29) is 0 Å². The van der Waals surface area contributed by atoms with Gasteiger partial charge in [0.2, 0.25) is 0 Å². The molecule has 0 aliphatic carbocycles. The molecule has 0 bridgehead atoms. The van der Waals surface area contributed by atoms with Crippen LogP contribution >= 0.6 is 12.2 Å². The fourth-order valence-corrected chi connectivity index (χ4v) is 2.77. The van der Waals surface area contributed by atoms with Gasteiger partial charge in [-0.3, -0.25) is 4.57 Å². The van der Waals surface area contributed by atoms with Gasteiger partial charge in [0.05, 0.1) is 24.4 Å². The molecular weight excluding hydrogens is 286 g/mol. The number of rotatable bonds is 1. The summed E-state index contributed by atoms with van der Waals surface area (Å²) in [4.78, 5) is 7.56. The number of H-pyrrole nitrogens is 1. The first kappa shape index (κ1) is 12.4. The lowest BCUT2D eigenvalue weighted by atomic mass is 10.2. The molecule has 0 unspecified atom stereocenters. The predicted octanol–water partition coefficient (Wildman–Crippen LogP) is 3.24. The van der Waals surface area contributed by atoms with Crippen LogP contribution < -0.4 is 9.47 Å². The summed E-state index contributed by atoms with van der Waals surface area (Å²) in [6, 6.07) is 9.66. The fourth-order valence-electron chi connectivity index (χ4n) is 2.47. The van der Waals surface area contributed by atoms with E-state index in [1.807, 2.05) is 34.9 Å². The lowest BCUT2D eigenvalue weighted by molar-refractivity contribution is 0.297. The van der Waals surface area contributed by atoms with Crippen LogP contribution in [0.4, 0.5) is 0 Å². The highest BCUT2D eigenvalue weighted by atomic mass is 32.1. The Morgan fingerprint density at radius 3 is 2.90 bits per heavy atom. The summed E-state index contributed by atoms with van der Waals surface area (Å²) in [5, 5.41) is 0. The lowest BCUT2D eigenvalue weighted by Crippen LogP contribution is -1.98. The van der Waals surface area contributed by atoms with Crippen molar-refractivity contribution in [1.82, 2.24) is 14.5 Å². The highest BCUT2D eigenvalue weighted by Gasteiger charge is 2.13. The predicted molar refractivity (Wildman–Crippen MR) is 81.9 cm³/mol. The van der Waals surface area contributed by atoms with Crippen LogP contribution in [0.1, 0.15) is 6.42 Å². The lowest BCUT2D eigenvalue weighted by Gasteiger charge is -2.10. The molecule has 1 N–H and O–H groups in total. The molecule has 0 amide bonds. The summed E-state index contributed by atoms with van der Waals surface area (Å²) in [5.74, 6) is 1.52. The van der Waals surface area contributed by atoms with Crippen LogP contribution in [0.2, 0.25) is 0 Å². The number of ether oxygens (including phenoxy) is 2. The summed E-state index contributed by atoms with van der Waals surface area (Å²) in [5.41, 5.74) is 2.63. The zero-order valence-corrected chi connectivity index (χ0v) is 12.0. The molecule has 4 rings (SSSR count). The maximum absolute atomic E-state index is 5.74. The third-order valence-electron chi connectivity index (χ3n) is 3.43. The van der Waals surface area contributed by atoms with Gasteiger partial charge in [-0.1, -0.05) is 0 Å². The second-order valence-electron chi connectivity index (χ2n) is 4.82. The SMILES string of the molecule is S=c1[nH]c2cccnc2n1-c1ccc2c(c1)OCCCO2. The van der Waals surface area contributed by atoms with Gasteiger partial charge in [-0.05, 0) is 36.5 Å². The van der Waals surface area contributed by atoms with Crippen LogP contribution in [0.3, 0.4) is 0 Å². The molecule has 2 aromatic heterocycles. The van der Waals surface area contributed by atoms with E-state index < -0.39 is 0 Å². The summed E-state index contributed by atoms with van der Waals surface area (Å²) < 4.78 is 13.9. The third-order valence-corrected chi connectivity index (χ3v) is 3.72. The number of nitrogens with one attached hydrogen (secondary N) is 1. The van der Waals surface area contributed by atoms with E-state index in [4.69, 9.17) is 21.7 Å².